The molecule has 128 valence electrons. The van der Waals surface area contributed by atoms with Gasteiger partial charge in [-0.1, -0.05) is 30.7 Å². The van der Waals surface area contributed by atoms with Gasteiger partial charge >= 0.3 is 0 Å². The van der Waals surface area contributed by atoms with Gasteiger partial charge in [0.2, 0.25) is 0 Å². The van der Waals surface area contributed by atoms with Crippen molar-refractivity contribution in [1.29, 1.82) is 0 Å². The molecule has 24 heavy (non-hydrogen) atoms. The summed E-state index contributed by atoms with van der Waals surface area (Å²) < 4.78 is 7.23. The van der Waals surface area contributed by atoms with Gasteiger partial charge in [0.05, 0.1) is 17.5 Å². The fraction of sp³-hybridized carbons (Fsp3) is 0.471. The van der Waals surface area contributed by atoms with E-state index in [-0.39, 0.29) is 17.9 Å². The van der Waals surface area contributed by atoms with Crippen LogP contribution in [0.5, 0.6) is 0 Å². The first-order valence-corrected chi connectivity index (χ1v) is 8.55. The molecule has 6 nitrogen and oxygen atoms in total. The van der Waals surface area contributed by atoms with E-state index in [0.29, 0.717) is 17.3 Å². The average molecular weight is 349 g/mol. The van der Waals surface area contributed by atoms with Crippen molar-refractivity contribution < 1.29 is 9.53 Å². The lowest BCUT2D eigenvalue weighted by atomic mass is 10.1. The highest BCUT2D eigenvalue weighted by Crippen LogP contribution is 2.22. The lowest BCUT2D eigenvalue weighted by Gasteiger charge is -2.13. The summed E-state index contributed by atoms with van der Waals surface area (Å²) in [6, 6.07) is 7.30. The van der Waals surface area contributed by atoms with Crippen LogP contribution >= 0.6 is 11.6 Å². The Morgan fingerprint density at radius 1 is 1.42 bits per heavy atom. The number of nitrogens with one attached hydrogen (secondary N) is 1. The molecule has 1 aliphatic rings. The molecule has 1 amide bonds. The molecule has 0 aliphatic carbocycles. The van der Waals surface area contributed by atoms with Crippen LogP contribution in [0.4, 0.5) is 0 Å². The van der Waals surface area contributed by atoms with E-state index >= 15 is 0 Å². The van der Waals surface area contributed by atoms with Gasteiger partial charge in [-0.2, -0.15) is 0 Å². The van der Waals surface area contributed by atoms with Crippen molar-refractivity contribution >= 4 is 17.5 Å². The number of carbonyl (C=O) groups is 1. The largest absolute Gasteiger partial charge is 0.376 e. The zero-order chi connectivity index (χ0) is 17.1. The fourth-order valence-electron chi connectivity index (χ4n) is 2.84. The van der Waals surface area contributed by atoms with Crippen molar-refractivity contribution in [2.75, 3.05) is 13.2 Å². The van der Waals surface area contributed by atoms with Gasteiger partial charge < -0.3 is 10.1 Å². The van der Waals surface area contributed by atoms with Crippen LogP contribution < -0.4 is 5.32 Å². The van der Waals surface area contributed by atoms with Crippen LogP contribution in [0, 0.1) is 0 Å². The van der Waals surface area contributed by atoms with Crippen LogP contribution in [0.2, 0.25) is 5.02 Å². The second kappa shape index (κ2) is 7.32. The van der Waals surface area contributed by atoms with Crippen molar-refractivity contribution in [1.82, 2.24) is 20.3 Å². The standard InChI is InChI=1S/C17H21ClN4O2/c1-11(2)16-15(17(23)19-10-14-4-3-9-24-14)20-21-22(16)13-7-5-12(18)6-8-13/h5-8,11,14H,3-4,9-10H2,1-2H3,(H,19,23)/t14-/m0/s1. The van der Waals surface area contributed by atoms with Crippen LogP contribution in [0.3, 0.4) is 0 Å². The Bertz CT molecular complexity index is 706. The first-order chi connectivity index (χ1) is 11.6. The van der Waals surface area contributed by atoms with E-state index in [1.165, 1.54) is 0 Å². The predicted octanol–water partition coefficient (Wildman–Crippen LogP) is 2.95. The molecule has 1 fully saturated rings. The summed E-state index contributed by atoms with van der Waals surface area (Å²) in [6.07, 6.45) is 2.13. The second-order valence-corrected chi connectivity index (χ2v) is 6.65. The molecular weight excluding hydrogens is 328 g/mol. The van der Waals surface area contributed by atoms with Crippen molar-refractivity contribution in [3.8, 4) is 5.69 Å². The third-order valence-corrected chi connectivity index (χ3v) is 4.30. The van der Waals surface area contributed by atoms with Gasteiger partial charge in [0, 0.05) is 18.2 Å². The summed E-state index contributed by atoms with van der Waals surface area (Å²) in [5.74, 6) is -0.117. The van der Waals surface area contributed by atoms with Crippen LogP contribution in [0.25, 0.3) is 5.69 Å². The molecule has 1 aromatic carbocycles. The number of benzene rings is 1. The number of nitrogens with zero attached hydrogens (tertiary/aromatic N) is 3. The summed E-state index contributed by atoms with van der Waals surface area (Å²) in [6.45, 7) is 5.30. The SMILES string of the molecule is CC(C)c1c(C(=O)NC[C@@H]2CCCO2)nnn1-c1ccc(Cl)cc1. The first kappa shape index (κ1) is 16.9. The second-order valence-electron chi connectivity index (χ2n) is 6.21. The highest BCUT2D eigenvalue weighted by molar-refractivity contribution is 6.30. The molecule has 1 saturated heterocycles. The molecule has 7 heteroatoms. The third-order valence-electron chi connectivity index (χ3n) is 4.05. The van der Waals surface area contributed by atoms with Gasteiger partial charge in [-0.05, 0) is 43.0 Å². The van der Waals surface area contributed by atoms with E-state index in [1.807, 2.05) is 26.0 Å². The minimum absolute atomic E-state index is 0.0964. The molecule has 2 aromatic rings. The minimum Gasteiger partial charge on any atom is -0.376 e. The van der Waals surface area contributed by atoms with Crippen molar-refractivity contribution in [3.05, 3.63) is 40.7 Å². The molecule has 1 aromatic heterocycles. The molecule has 0 unspecified atom stereocenters. The zero-order valence-corrected chi connectivity index (χ0v) is 14.6. The van der Waals surface area contributed by atoms with Gasteiger partial charge in [0.1, 0.15) is 0 Å². The molecule has 0 spiro atoms. The van der Waals surface area contributed by atoms with Crippen LogP contribution in [0.1, 0.15) is 48.8 Å². The quantitative estimate of drug-likeness (QED) is 0.902. The number of carbonyl (C=O) groups excluding carboxylic acids is 1. The number of aromatic nitrogens is 3. The van der Waals surface area contributed by atoms with E-state index in [1.54, 1.807) is 16.8 Å². The van der Waals surface area contributed by atoms with Crippen LogP contribution in [0.15, 0.2) is 24.3 Å². The van der Waals surface area contributed by atoms with Gasteiger partial charge in [-0.25, -0.2) is 4.68 Å². The number of ether oxygens (including phenoxy) is 1. The van der Waals surface area contributed by atoms with Crippen molar-refractivity contribution in [3.63, 3.8) is 0 Å². The number of halogens is 1. The number of amides is 1. The first-order valence-electron chi connectivity index (χ1n) is 8.17. The van der Waals surface area contributed by atoms with Crippen LogP contribution in [-0.4, -0.2) is 40.2 Å². The van der Waals surface area contributed by atoms with Gasteiger partial charge in [-0.3, -0.25) is 4.79 Å². The predicted molar refractivity (Wildman–Crippen MR) is 91.8 cm³/mol. The summed E-state index contributed by atoms with van der Waals surface area (Å²) in [4.78, 5) is 12.5. The Hall–Kier alpha value is -1.92. The zero-order valence-electron chi connectivity index (χ0n) is 13.8. The molecule has 0 radical (unpaired) electrons. The Morgan fingerprint density at radius 2 is 2.17 bits per heavy atom. The molecular formula is C17H21ClN4O2. The molecule has 0 saturated carbocycles. The van der Waals surface area contributed by atoms with E-state index in [0.717, 1.165) is 30.8 Å². The molecule has 1 N–H and O–H groups in total. The Kier molecular flexibility index (Phi) is 5.16. The van der Waals surface area contributed by atoms with Crippen molar-refractivity contribution in [2.24, 2.45) is 0 Å². The highest BCUT2D eigenvalue weighted by Gasteiger charge is 2.24. The molecule has 2 heterocycles. The summed E-state index contributed by atoms with van der Waals surface area (Å²) in [5, 5.41) is 11.8. The number of hydrogen-bond donors (Lipinski definition) is 1. The number of hydrogen-bond acceptors (Lipinski definition) is 4. The molecule has 1 aliphatic heterocycles. The maximum absolute atomic E-state index is 12.5. The Morgan fingerprint density at radius 3 is 2.79 bits per heavy atom. The Labute approximate surface area is 146 Å². The third kappa shape index (κ3) is 3.60. The summed E-state index contributed by atoms with van der Waals surface area (Å²) >= 11 is 5.94. The molecule has 1 atom stereocenters. The lowest BCUT2D eigenvalue weighted by Crippen LogP contribution is -2.32. The fourth-order valence-corrected chi connectivity index (χ4v) is 2.96. The maximum atomic E-state index is 12.5. The molecule has 3 rings (SSSR count). The normalized spacial score (nSPS) is 17.4. The Balaban J connectivity index is 1.82. The van der Waals surface area contributed by atoms with Gasteiger partial charge in [-0.15, -0.1) is 5.10 Å². The minimum atomic E-state index is -0.214. The van der Waals surface area contributed by atoms with Crippen molar-refractivity contribution in [2.45, 2.75) is 38.7 Å². The van der Waals surface area contributed by atoms with E-state index in [2.05, 4.69) is 15.6 Å². The number of rotatable bonds is 5. The van der Waals surface area contributed by atoms with E-state index in [4.69, 9.17) is 16.3 Å². The van der Waals surface area contributed by atoms with Crippen LogP contribution in [-0.2, 0) is 4.74 Å². The molecule has 0 bridgehead atoms. The lowest BCUT2D eigenvalue weighted by molar-refractivity contribution is 0.0852. The van der Waals surface area contributed by atoms with Gasteiger partial charge in [0.25, 0.3) is 5.91 Å². The van der Waals surface area contributed by atoms with Gasteiger partial charge in [0.15, 0.2) is 5.69 Å². The smallest absolute Gasteiger partial charge is 0.273 e. The topological polar surface area (TPSA) is 69.0 Å². The van der Waals surface area contributed by atoms with E-state index in [9.17, 15) is 4.79 Å². The summed E-state index contributed by atoms with van der Waals surface area (Å²) in [5.41, 5.74) is 1.97. The maximum Gasteiger partial charge on any atom is 0.273 e. The van der Waals surface area contributed by atoms with E-state index < -0.39 is 0 Å². The summed E-state index contributed by atoms with van der Waals surface area (Å²) in [7, 11) is 0. The average Bonchev–Trinajstić information content (AvgIpc) is 3.22. The monoisotopic (exact) mass is 348 g/mol. The highest BCUT2D eigenvalue weighted by atomic mass is 35.5.